The van der Waals surface area contributed by atoms with Gasteiger partial charge >= 0.3 is 0 Å². The van der Waals surface area contributed by atoms with Gasteiger partial charge in [0.2, 0.25) is 0 Å². The topological polar surface area (TPSA) is 48.4 Å². The molecular weight excluding hydrogens is 381 g/mol. The van der Waals surface area contributed by atoms with Gasteiger partial charge in [-0.3, -0.25) is 9.78 Å². The van der Waals surface area contributed by atoms with Crippen molar-refractivity contribution in [3.8, 4) is 11.5 Å². The van der Waals surface area contributed by atoms with Gasteiger partial charge in [0.1, 0.15) is 23.9 Å². The summed E-state index contributed by atoms with van der Waals surface area (Å²) in [6.07, 6.45) is 6.33. The Labute approximate surface area is 167 Å². The number of rotatable bonds is 7. The maximum absolute atomic E-state index is 13.2. The molecule has 3 rings (SSSR count). The fraction of sp³-hybridized carbons (Fsp3) is 0.0909. The second kappa shape index (κ2) is 9.15. The molecule has 0 radical (unpaired) electrons. The van der Waals surface area contributed by atoms with Gasteiger partial charge in [-0.05, 0) is 54.1 Å². The van der Waals surface area contributed by atoms with Crippen molar-refractivity contribution in [2.24, 2.45) is 0 Å². The van der Waals surface area contributed by atoms with Crippen molar-refractivity contribution in [2.75, 3.05) is 7.11 Å². The van der Waals surface area contributed by atoms with Crippen molar-refractivity contribution < 1.29 is 18.7 Å². The zero-order chi connectivity index (χ0) is 19.9. The van der Waals surface area contributed by atoms with Gasteiger partial charge in [-0.15, -0.1) is 0 Å². The summed E-state index contributed by atoms with van der Waals surface area (Å²) in [6, 6.07) is 12.8. The van der Waals surface area contributed by atoms with Crippen molar-refractivity contribution in [3.63, 3.8) is 0 Å². The molecule has 0 bridgehead atoms. The summed E-state index contributed by atoms with van der Waals surface area (Å²) >= 11 is 5.99. The molecule has 0 aliphatic rings. The monoisotopic (exact) mass is 397 g/mol. The molecule has 0 aliphatic heterocycles. The van der Waals surface area contributed by atoms with Crippen molar-refractivity contribution in [2.45, 2.75) is 6.61 Å². The largest absolute Gasteiger partial charge is 0.496 e. The van der Waals surface area contributed by atoms with Crippen molar-refractivity contribution in [1.29, 1.82) is 0 Å². The highest BCUT2D eigenvalue weighted by Crippen LogP contribution is 2.28. The standard InChI is InChI=1S/C22H17ClFNO3/c1-27-21-8-5-15(4-7-20(26)16-3-2-10-25-13-16)11-17(21)14-28-22-9-6-18(24)12-19(22)23/h2-13H,14H2,1H3/b7-4+. The number of pyridine rings is 1. The lowest BCUT2D eigenvalue weighted by Gasteiger charge is -2.12. The van der Waals surface area contributed by atoms with Gasteiger partial charge < -0.3 is 9.47 Å². The third-order valence-corrected chi connectivity index (χ3v) is 4.25. The van der Waals surface area contributed by atoms with E-state index in [-0.39, 0.29) is 17.4 Å². The normalized spacial score (nSPS) is 10.8. The van der Waals surface area contributed by atoms with Crippen LogP contribution in [0.1, 0.15) is 21.5 Å². The average molecular weight is 398 g/mol. The first-order valence-electron chi connectivity index (χ1n) is 8.44. The van der Waals surface area contributed by atoms with E-state index in [1.807, 2.05) is 12.1 Å². The number of hydrogen-bond donors (Lipinski definition) is 0. The van der Waals surface area contributed by atoms with Crippen LogP contribution in [-0.2, 0) is 6.61 Å². The summed E-state index contributed by atoms with van der Waals surface area (Å²) in [5, 5.41) is 0.192. The molecule has 0 fully saturated rings. The number of nitrogens with zero attached hydrogens (tertiary/aromatic N) is 1. The smallest absolute Gasteiger partial charge is 0.187 e. The number of methoxy groups -OCH3 is 1. The molecule has 0 aliphatic carbocycles. The highest BCUT2D eigenvalue weighted by Gasteiger charge is 2.08. The number of halogens is 2. The quantitative estimate of drug-likeness (QED) is 0.398. The van der Waals surface area contributed by atoms with Crippen LogP contribution in [0.3, 0.4) is 0 Å². The lowest BCUT2D eigenvalue weighted by Crippen LogP contribution is -2.00. The summed E-state index contributed by atoms with van der Waals surface area (Å²) in [5.74, 6) is 0.437. The van der Waals surface area contributed by atoms with Crippen LogP contribution in [0.15, 0.2) is 67.0 Å². The second-order valence-electron chi connectivity index (χ2n) is 5.87. The molecule has 3 aromatic rings. The number of allylic oxidation sites excluding steroid dienone is 1. The molecule has 142 valence electrons. The van der Waals surface area contributed by atoms with E-state index in [0.717, 1.165) is 11.1 Å². The number of carbonyl (C=O) groups excluding carboxylic acids is 1. The molecule has 1 heterocycles. The van der Waals surface area contributed by atoms with Crippen LogP contribution in [0.25, 0.3) is 6.08 Å². The molecule has 0 amide bonds. The van der Waals surface area contributed by atoms with E-state index in [4.69, 9.17) is 21.1 Å². The summed E-state index contributed by atoms with van der Waals surface area (Å²) < 4.78 is 24.2. The number of ether oxygens (including phenoxy) is 2. The first-order chi connectivity index (χ1) is 13.6. The van der Waals surface area contributed by atoms with Crippen LogP contribution in [0.2, 0.25) is 5.02 Å². The van der Waals surface area contributed by atoms with Gasteiger partial charge in [0.15, 0.2) is 5.78 Å². The van der Waals surface area contributed by atoms with Crippen LogP contribution in [0, 0.1) is 5.82 Å². The first-order valence-corrected chi connectivity index (χ1v) is 8.82. The van der Waals surface area contributed by atoms with Crippen LogP contribution in [0.5, 0.6) is 11.5 Å². The fourth-order valence-electron chi connectivity index (χ4n) is 2.54. The summed E-state index contributed by atoms with van der Waals surface area (Å²) in [6.45, 7) is 0.173. The molecule has 2 aromatic carbocycles. The minimum absolute atomic E-state index is 0.139. The molecule has 0 atom stereocenters. The lowest BCUT2D eigenvalue weighted by molar-refractivity contribution is 0.104. The minimum Gasteiger partial charge on any atom is -0.496 e. The molecule has 6 heteroatoms. The Kier molecular flexibility index (Phi) is 6.40. The van der Waals surface area contributed by atoms with E-state index in [2.05, 4.69) is 4.98 Å². The first kappa shape index (κ1) is 19.6. The van der Waals surface area contributed by atoms with Crippen LogP contribution < -0.4 is 9.47 Å². The van der Waals surface area contributed by atoms with Gasteiger partial charge in [0.25, 0.3) is 0 Å². The van der Waals surface area contributed by atoms with E-state index >= 15 is 0 Å². The van der Waals surface area contributed by atoms with E-state index < -0.39 is 5.82 Å². The zero-order valence-electron chi connectivity index (χ0n) is 15.1. The highest BCUT2D eigenvalue weighted by molar-refractivity contribution is 6.32. The molecular formula is C22H17ClFNO3. The van der Waals surface area contributed by atoms with Gasteiger partial charge in [-0.25, -0.2) is 4.39 Å². The maximum Gasteiger partial charge on any atom is 0.187 e. The maximum atomic E-state index is 13.2. The molecule has 0 saturated carbocycles. The lowest BCUT2D eigenvalue weighted by atomic mass is 10.1. The van der Waals surface area contributed by atoms with Gasteiger partial charge in [-0.2, -0.15) is 0 Å². The van der Waals surface area contributed by atoms with Crippen molar-refractivity contribution >= 4 is 23.5 Å². The predicted molar refractivity (Wildman–Crippen MR) is 106 cm³/mol. The van der Waals surface area contributed by atoms with Crippen LogP contribution in [-0.4, -0.2) is 17.9 Å². The van der Waals surface area contributed by atoms with E-state index in [0.29, 0.717) is 17.1 Å². The van der Waals surface area contributed by atoms with E-state index in [1.54, 1.807) is 37.6 Å². The van der Waals surface area contributed by atoms with Crippen LogP contribution >= 0.6 is 11.6 Å². The Balaban J connectivity index is 1.76. The Morgan fingerprint density at radius 2 is 2.00 bits per heavy atom. The Morgan fingerprint density at radius 3 is 2.71 bits per heavy atom. The molecule has 1 aromatic heterocycles. The Hall–Kier alpha value is -3.18. The van der Waals surface area contributed by atoms with Crippen molar-refractivity contribution in [3.05, 3.63) is 94.5 Å². The highest BCUT2D eigenvalue weighted by atomic mass is 35.5. The SMILES string of the molecule is COc1ccc(/C=C/C(=O)c2cccnc2)cc1COc1ccc(F)cc1Cl. The fourth-order valence-corrected chi connectivity index (χ4v) is 2.76. The number of benzene rings is 2. The van der Waals surface area contributed by atoms with Gasteiger partial charge in [-0.1, -0.05) is 23.7 Å². The number of carbonyl (C=O) groups is 1. The van der Waals surface area contributed by atoms with Crippen molar-refractivity contribution in [1.82, 2.24) is 4.98 Å². The zero-order valence-corrected chi connectivity index (χ0v) is 15.8. The Bertz CT molecular complexity index is 1010. The molecule has 0 saturated heterocycles. The minimum atomic E-state index is -0.430. The molecule has 28 heavy (non-hydrogen) atoms. The second-order valence-corrected chi connectivity index (χ2v) is 6.28. The molecule has 0 spiro atoms. The van der Waals surface area contributed by atoms with E-state index in [1.165, 1.54) is 30.5 Å². The van der Waals surface area contributed by atoms with Gasteiger partial charge in [0.05, 0.1) is 12.1 Å². The molecule has 0 N–H and O–H groups in total. The molecule has 0 unspecified atom stereocenters. The Morgan fingerprint density at radius 1 is 1.18 bits per heavy atom. The summed E-state index contributed by atoms with van der Waals surface area (Å²) in [4.78, 5) is 16.1. The third-order valence-electron chi connectivity index (χ3n) is 3.95. The average Bonchev–Trinajstić information content (AvgIpc) is 2.72. The van der Waals surface area contributed by atoms with Gasteiger partial charge in [0, 0.05) is 23.5 Å². The summed E-state index contributed by atoms with van der Waals surface area (Å²) in [5.41, 5.74) is 2.09. The number of ketones is 1. The predicted octanol–water partition coefficient (Wildman–Crippen LogP) is 5.36. The third kappa shape index (κ3) is 4.96. The molecule has 4 nitrogen and oxygen atoms in total. The van der Waals surface area contributed by atoms with E-state index in [9.17, 15) is 9.18 Å². The number of aromatic nitrogens is 1. The number of hydrogen-bond acceptors (Lipinski definition) is 4. The van der Waals surface area contributed by atoms with Crippen LogP contribution in [0.4, 0.5) is 4.39 Å². The summed E-state index contributed by atoms with van der Waals surface area (Å²) in [7, 11) is 1.56.